The Morgan fingerprint density at radius 2 is 1.84 bits per heavy atom. The minimum absolute atomic E-state index is 0.498. The molecule has 2 heterocycles. The van der Waals surface area contributed by atoms with E-state index in [1.54, 1.807) is 0 Å². The van der Waals surface area contributed by atoms with E-state index in [0.717, 1.165) is 38.4 Å². The Morgan fingerprint density at radius 3 is 2.79 bits per heavy atom. The maximum Gasteiger partial charge on any atom is 0.143 e. The maximum atomic E-state index is 4.87. The van der Waals surface area contributed by atoms with Gasteiger partial charge < -0.3 is 0 Å². The Balaban J connectivity index is 2.13. The van der Waals surface area contributed by atoms with E-state index in [1.807, 2.05) is 37.3 Å². The summed E-state index contributed by atoms with van der Waals surface area (Å²) >= 11 is 0. The van der Waals surface area contributed by atoms with Gasteiger partial charge in [-0.2, -0.15) is 0 Å². The van der Waals surface area contributed by atoms with Crippen molar-refractivity contribution in [3.05, 3.63) is 46.6 Å². The van der Waals surface area contributed by atoms with E-state index in [0.29, 0.717) is 6.67 Å². The van der Waals surface area contributed by atoms with Crippen LogP contribution in [-0.4, -0.2) is 17.0 Å². The van der Waals surface area contributed by atoms with Crippen LogP contribution in [0.25, 0.3) is 22.2 Å². The van der Waals surface area contributed by atoms with Crippen molar-refractivity contribution in [2.75, 3.05) is 6.67 Å². The molecule has 5 nitrogen and oxygen atoms in total. The largest absolute Gasteiger partial charge is 0.260 e. The van der Waals surface area contributed by atoms with Crippen LogP contribution in [0.3, 0.4) is 0 Å². The predicted molar refractivity (Wildman–Crippen MR) is 69.2 cm³/mol. The molecule has 0 unspecified atom stereocenters. The normalized spacial score (nSPS) is 13.1. The zero-order chi connectivity index (χ0) is 12.8. The van der Waals surface area contributed by atoms with E-state index in [-0.39, 0.29) is 0 Å². The Labute approximate surface area is 108 Å². The van der Waals surface area contributed by atoms with Gasteiger partial charge in [0, 0.05) is 11.1 Å². The molecular weight excluding hydrogens is 240 g/mol. The number of nitrogens with zero attached hydrogens (tertiary/aromatic N) is 4. The van der Waals surface area contributed by atoms with Crippen LogP contribution in [0, 0.1) is 6.92 Å². The summed E-state index contributed by atoms with van der Waals surface area (Å²) in [6.45, 7) is 2.49. The standard InChI is InChI=1S/C14H10N4O/c1-8-5-6-10(14-12(8)17-19-18-14)9-3-2-4-11-13(9)16-7-15-11/h2-6H,7H2,1H3. The van der Waals surface area contributed by atoms with Crippen LogP contribution >= 0.6 is 0 Å². The Morgan fingerprint density at radius 1 is 0.947 bits per heavy atom. The third kappa shape index (κ3) is 1.41. The zero-order valence-electron chi connectivity index (χ0n) is 10.3. The van der Waals surface area contributed by atoms with Crippen molar-refractivity contribution < 1.29 is 4.63 Å². The number of fused-ring (bicyclic) bond motifs is 2. The third-order valence-electron chi connectivity index (χ3n) is 3.39. The number of para-hydroxylation sites is 1. The quantitative estimate of drug-likeness (QED) is 0.656. The highest BCUT2D eigenvalue weighted by molar-refractivity contribution is 5.92. The van der Waals surface area contributed by atoms with Crippen molar-refractivity contribution in [1.82, 2.24) is 10.3 Å². The lowest BCUT2D eigenvalue weighted by Crippen LogP contribution is -2.23. The zero-order valence-corrected chi connectivity index (χ0v) is 10.3. The molecule has 1 aliphatic rings. The van der Waals surface area contributed by atoms with Crippen LogP contribution in [0.15, 0.2) is 44.9 Å². The first-order valence-electron chi connectivity index (χ1n) is 6.05. The lowest BCUT2D eigenvalue weighted by atomic mass is 10.0. The SMILES string of the molecule is Cc1ccc(-c2cccc3c2=NCN=3)c2nonc12. The first-order valence-corrected chi connectivity index (χ1v) is 6.05. The van der Waals surface area contributed by atoms with Crippen LogP contribution in [0.2, 0.25) is 0 Å². The van der Waals surface area contributed by atoms with E-state index < -0.39 is 0 Å². The smallest absolute Gasteiger partial charge is 0.143 e. The van der Waals surface area contributed by atoms with Crippen molar-refractivity contribution in [1.29, 1.82) is 0 Å². The van der Waals surface area contributed by atoms with Crippen molar-refractivity contribution in [3.63, 3.8) is 0 Å². The van der Waals surface area contributed by atoms with E-state index in [9.17, 15) is 0 Å². The lowest BCUT2D eigenvalue weighted by molar-refractivity contribution is 0.315. The van der Waals surface area contributed by atoms with Crippen molar-refractivity contribution in [3.8, 4) is 11.1 Å². The lowest BCUT2D eigenvalue weighted by Gasteiger charge is -2.02. The van der Waals surface area contributed by atoms with Crippen molar-refractivity contribution in [2.45, 2.75) is 6.92 Å². The fourth-order valence-corrected chi connectivity index (χ4v) is 2.43. The van der Waals surface area contributed by atoms with Gasteiger partial charge in [0.15, 0.2) is 0 Å². The minimum atomic E-state index is 0.498. The van der Waals surface area contributed by atoms with Crippen molar-refractivity contribution in [2.24, 2.45) is 9.98 Å². The van der Waals surface area contributed by atoms with Gasteiger partial charge in [-0.1, -0.05) is 24.3 Å². The monoisotopic (exact) mass is 250 g/mol. The highest BCUT2D eigenvalue weighted by Crippen LogP contribution is 2.26. The summed E-state index contributed by atoms with van der Waals surface area (Å²) in [6.07, 6.45) is 0. The predicted octanol–water partition coefficient (Wildman–Crippen LogP) is 1.41. The molecule has 5 heteroatoms. The second-order valence-electron chi connectivity index (χ2n) is 4.52. The molecule has 92 valence electrons. The molecule has 0 saturated carbocycles. The van der Waals surface area contributed by atoms with E-state index in [2.05, 4.69) is 20.3 Å². The highest BCUT2D eigenvalue weighted by Gasteiger charge is 2.13. The number of aryl methyl sites for hydroxylation is 1. The second kappa shape index (κ2) is 3.71. The highest BCUT2D eigenvalue weighted by atomic mass is 16.6. The van der Waals surface area contributed by atoms with Crippen LogP contribution in [0.1, 0.15) is 5.56 Å². The molecule has 0 fully saturated rings. The van der Waals surface area contributed by atoms with Crippen LogP contribution in [0.5, 0.6) is 0 Å². The molecule has 0 aliphatic carbocycles. The molecule has 19 heavy (non-hydrogen) atoms. The molecule has 1 aliphatic heterocycles. The molecule has 0 spiro atoms. The summed E-state index contributed by atoms with van der Waals surface area (Å²) in [6, 6.07) is 10.0. The van der Waals surface area contributed by atoms with E-state index >= 15 is 0 Å². The summed E-state index contributed by atoms with van der Waals surface area (Å²) in [4.78, 5) is 8.79. The number of rotatable bonds is 1. The molecule has 4 rings (SSSR count). The van der Waals surface area contributed by atoms with Crippen LogP contribution in [0.4, 0.5) is 0 Å². The number of benzene rings is 2. The first-order chi connectivity index (χ1) is 9.34. The van der Waals surface area contributed by atoms with Crippen molar-refractivity contribution >= 4 is 11.0 Å². The number of hydrogen-bond acceptors (Lipinski definition) is 5. The molecule has 3 aromatic rings. The van der Waals surface area contributed by atoms with Gasteiger partial charge in [-0.15, -0.1) is 0 Å². The van der Waals surface area contributed by atoms with Gasteiger partial charge in [0.05, 0.1) is 10.7 Å². The molecule has 1 aromatic heterocycles. The molecule has 0 amide bonds. The molecule has 2 aromatic carbocycles. The molecular formula is C14H10N4O. The average molecular weight is 250 g/mol. The van der Waals surface area contributed by atoms with Gasteiger partial charge in [-0.25, -0.2) is 4.63 Å². The second-order valence-corrected chi connectivity index (χ2v) is 4.52. The topological polar surface area (TPSA) is 63.6 Å². The Hall–Kier alpha value is -2.56. The Kier molecular flexibility index (Phi) is 2.03. The summed E-state index contributed by atoms with van der Waals surface area (Å²) in [5.41, 5.74) is 4.63. The summed E-state index contributed by atoms with van der Waals surface area (Å²) < 4.78 is 4.87. The van der Waals surface area contributed by atoms with Gasteiger partial charge in [-0.3, -0.25) is 9.98 Å². The van der Waals surface area contributed by atoms with Gasteiger partial charge in [0.2, 0.25) is 0 Å². The van der Waals surface area contributed by atoms with Gasteiger partial charge >= 0.3 is 0 Å². The summed E-state index contributed by atoms with van der Waals surface area (Å²) in [5.74, 6) is 0. The van der Waals surface area contributed by atoms with Gasteiger partial charge in [-0.05, 0) is 28.9 Å². The van der Waals surface area contributed by atoms with Gasteiger partial charge in [0.25, 0.3) is 0 Å². The van der Waals surface area contributed by atoms with E-state index in [4.69, 9.17) is 4.63 Å². The van der Waals surface area contributed by atoms with Crippen LogP contribution < -0.4 is 10.7 Å². The third-order valence-corrected chi connectivity index (χ3v) is 3.39. The molecule has 0 saturated heterocycles. The fourth-order valence-electron chi connectivity index (χ4n) is 2.43. The summed E-state index contributed by atoms with van der Waals surface area (Å²) in [7, 11) is 0. The maximum absolute atomic E-state index is 4.87. The number of aromatic nitrogens is 2. The molecule has 0 bridgehead atoms. The fraction of sp³-hybridized carbons (Fsp3) is 0.143. The van der Waals surface area contributed by atoms with Crippen LogP contribution in [-0.2, 0) is 0 Å². The Bertz CT molecular complexity index is 911. The van der Waals surface area contributed by atoms with E-state index in [1.165, 1.54) is 0 Å². The molecule has 0 atom stereocenters. The summed E-state index contributed by atoms with van der Waals surface area (Å²) in [5, 5.41) is 9.84. The van der Waals surface area contributed by atoms with Gasteiger partial charge in [0.1, 0.15) is 17.7 Å². The molecule has 0 radical (unpaired) electrons. The first kappa shape index (κ1) is 10.4. The number of hydrogen-bond donors (Lipinski definition) is 0. The molecule has 0 N–H and O–H groups in total. The average Bonchev–Trinajstić information content (AvgIpc) is 3.08. The minimum Gasteiger partial charge on any atom is -0.260 e.